The summed E-state index contributed by atoms with van der Waals surface area (Å²) in [6.07, 6.45) is 2.99. The first kappa shape index (κ1) is 24.5. The standard InChI is InChI=1S/C18H26O9/c1-11(20)7-14(4)25-17(23,10-19)18(24,26-15(5)8-12(2)21)27-16(6)9-13(3)22/h7-9,19,23-24H,10H2,1-6H3/b14-7+,15-8+,16-9+. The van der Waals surface area contributed by atoms with Crippen LogP contribution in [0.25, 0.3) is 0 Å². The lowest BCUT2D eigenvalue weighted by Gasteiger charge is -2.40. The number of rotatable bonds is 11. The smallest absolute Gasteiger partial charge is 0.441 e. The second-order valence-corrected chi connectivity index (χ2v) is 5.93. The van der Waals surface area contributed by atoms with Crippen LogP contribution in [0, 0.1) is 0 Å². The SMILES string of the molecule is CC(=O)/C=C(\C)OC(O)(CO)C(O)(O/C(C)=C/C(C)=O)O/C(C)=C/C(C)=O. The molecule has 0 aromatic heterocycles. The molecule has 0 heterocycles. The Hall–Kier alpha value is -2.49. The summed E-state index contributed by atoms with van der Waals surface area (Å²) in [6, 6.07) is 0. The normalized spacial score (nSPS) is 15.7. The monoisotopic (exact) mass is 386 g/mol. The number of aliphatic hydroxyl groups is 3. The second-order valence-electron chi connectivity index (χ2n) is 5.93. The maximum Gasteiger partial charge on any atom is 0.441 e. The van der Waals surface area contributed by atoms with Crippen LogP contribution in [-0.2, 0) is 28.6 Å². The van der Waals surface area contributed by atoms with Gasteiger partial charge in [0, 0.05) is 18.2 Å². The molecule has 1 unspecified atom stereocenters. The van der Waals surface area contributed by atoms with Crippen molar-refractivity contribution < 1.29 is 43.9 Å². The fourth-order valence-electron chi connectivity index (χ4n) is 2.03. The van der Waals surface area contributed by atoms with Crippen LogP contribution in [0.5, 0.6) is 0 Å². The maximum absolute atomic E-state index is 11.2. The van der Waals surface area contributed by atoms with Gasteiger partial charge in [0.25, 0.3) is 0 Å². The Kier molecular flexibility index (Phi) is 9.08. The summed E-state index contributed by atoms with van der Waals surface area (Å²) >= 11 is 0. The lowest BCUT2D eigenvalue weighted by molar-refractivity contribution is -0.460. The molecule has 0 bridgehead atoms. The van der Waals surface area contributed by atoms with Gasteiger partial charge in [-0.2, -0.15) is 0 Å². The van der Waals surface area contributed by atoms with Crippen LogP contribution in [0.3, 0.4) is 0 Å². The highest BCUT2D eigenvalue weighted by atomic mass is 16.9. The highest BCUT2D eigenvalue weighted by Crippen LogP contribution is 2.33. The third kappa shape index (κ3) is 8.16. The lowest BCUT2D eigenvalue weighted by Crippen LogP contribution is -2.61. The molecule has 0 aliphatic heterocycles. The van der Waals surface area contributed by atoms with E-state index in [9.17, 15) is 29.7 Å². The van der Waals surface area contributed by atoms with Crippen molar-refractivity contribution in [3.05, 3.63) is 35.5 Å². The number of hydrogen-bond donors (Lipinski definition) is 3. The summed E-state index contributed by atoms with van der Waals surface area (Å²) < 4.78 is 15.4. The molecule has 0 aliphatic rings. The third-order valence-electron chi connectivity index (χ3n) is 2.86. The molecule has 0 aliphatic carbocycles. The van der Waals surface area contributed by atoms with Crippen molar-refractivity contribution in [3.8, 4) is 0 Å². The molecule has 27 heavy (non-hydrogen) atoms. The summed E-state index contributed by atoms with van der Waals surface area (Å²) in [5.41, 5.74) is 0. The molecule has 0 fully saturated rings. The molecule has 1 atom stereocenters. The molecule has 0 aromatic rings. The van der Waals surface area contributed by atoms with E-state index in [2.05, 4.69) is 0 Å². The highest BCUT2D eigenvalue weighted by Gasteiger charge is 2.58. The minimum atomic E-state index is -3.07. The number of hydrogen-bond acceptors (Lipinski definition) is 9. The van der Waals surface area contributed by atoms with E-state index in [1.54, 1.807) is 0 Å². The number of carbonyl (C=O) groups is 3. The van der Waals surface area contributed by atoms with E-state index in [0.29, 0.717) is 0 Å². The summed E-state index contributed by atoms with van der Waals surface area (Å²) in [5.74, 6) is -7.77. The minimum absolute atomic E-state index is 0.161. The maximum atomic E-state index is 11.2. The first-order chi connectivity index (χ1) is 12.2. The van der Waals surface area contributed by atoms with Crippen LogP contribution in [0.2, 0.25) is 0 Å². The van der Waals surface area contributed by atoms with E-state index in [4.69, 9.17) is 14.2 Å². The molecule has 0 rings (SSSR count). The van der Waals surface area contributed by atoms with E-state index in [0.717, 1.165) is 18.2 Å². The van der Waals surface area contributed by atoms with Gasteiger partial charge in [-0.1, -0.05) is 0 Å². The summed E-state index contributed by atoms with van der Waals surface area (Å²) in [4.78, 5) is 33.6. The van der Waals surface area contributed by atoms with Gasteiger partial charge < -0.3 is 29.5 Å². The Morgan fingerprint density at radius 1 is 0.704 bits per heavy atom. The molecule has 0 aromatic carbocycles. The Labute approximate surface area is 157 Å². The highest BCUT2D eigenvalue weighted by molar-refractivity contribution is 5.88. The molecule has 3 N–H and O–H groups in total. The number of allylic oxidation sites excluding steroid dienone is 6. The zero-order valence-electron chi connectivity index (χ0n) is 16.2. The predicted molar refractivity (Wildman–Crippen MR) is 93.6 cm³/mol. The van der Waals surface area contributed by atoms with Gasteiger partial charge in [-0.3, -0.25) is 14.4 Å². The average molecular weight is 386 g/mol. The van der Waals surface area contributed by atoms with Crippen LogP contribution >= 0.6 is 0 Å². The Balaban J connectivity index is 6.13. The van der Waals surface area contributed by atoms with Crippen molar-refractivity contribution in [1.29, 1.82) is 0 Å². The molecule has 9 nitrogen and oxygen atoms in total. The number of ether oxygens (including phenoxy) is 3. The zero-order chi connectivity index (χ0) is 21.4. The van der Waals surface area contributed by atoms with Crippen molar-refractivity contribution in [1.82, 2.24) is 0 Å². The topological polar surface area (TPSA) is 140 Å². The van der Waals surface area contributed by atoms with Gasteiger partial charge in [-0.15, -0.1) is 0 Å². The number of aliphatic hydroxyl groups excluding tert-OH is 1. The van der Waals surface area contributed by atoms with Gasteiger partial charge in [-0.05, 0) is 41.5 Å². The van der Waals surface area contributed by atoms with Crippen molar-refractivity contribution in [2.75, 3.05) is 6.61 Å². The first-order valence-electron chi connectivity index (χ1n) is 7.94. The Morgan fingerprint density at radius 3 is 1.26 bits per heavy atom. The lowest BCUT2D eigenvalue weighted by atomic mass is 10.2. The van der Waals surface area contributed by atoms with Crippen molar-refractivity contribution in [2.24, 2.45) is 0 Å². The van der Waals surface area contributed by atoms with Crippen LogP contribution in [0.4, 0.5) is 0 Å². The van der Waals surface area contributed by atoms with Gasteiger partial charge >= 0.3 is 11.8 Å². The van der Waals surface area contributed by atoms with Gasteiger partial charge in [0.15, 0.2) is 17.3 Å². The van der Waals surface area contributed by atoms with E-state index in [1.807, 2.05) is 0 Å². The zero-order valence-corrected chi connectivity index (χ0v) is 16.2. The van der Waals surface area contributed by atoms with Crippen LogP contribution in [-0.4, -0.2) is 51.0 Å². The van der Waals surface area contributed by atoms with Crippen molar-refractivity contribution in [2.45, 2.75) is 53.3 Å². The molecule has 0 saturated heterocycles. The Bertz CT molecular complexity index is 640. The Morgan fingerprint density at radius 2 is 1.00 bits per heavy atom. The van der Waals surface area contributed by atoms with Crippen LogP contribution in [0.15, 0.2) is 35.5 Å². The molecule has 152 valence electrons. The fraction of sp³-hybridized carbons (Fsp3) is 0.500. The molecule has 0 saturated carbocycles. The fourth-order valence-corrected chi connectivity index (χ4v) is 2.03. The summed E-state index contributed by atoms with van der Waals surface area (Å²) in [6.45, 7) is 6.31. The number of ketones is 3. The van der Waals surface area contributed by atoms with Crippen LogP contribution < -0.4 is 0 Å². The van der Waals surface area contributed by atoms with E-state index in [1.165, 1.54) is 41.5 Å². The quantitative estimate of drug-likeness (QED) is 0.268. The van der Waals surface area contributed by atoms with Crippen molar-refractivity contribution in [3.63, 3.8) is 0 Å². The first-order valence-corrected chi connectivity index (χ1v) is 7.94. The molecule has 0 radical (unpaired) electrons. The van der Waals surface area contributed by atoms with Gasteiger partial charge in [-0.25, -0.2) is 0 Å². The van der Waals surface area contributed by atoms with E-state index < -0.39 is 35.7 Å². The molecule has 9 heteroatoms. The molecular formula is C18H26O9. The second kappa shape index (κ2) is 10.0. The largest absolute Gasteiger partial charge is 0.455 e. The van der Waals surface area contributed by atoms with Crippen molar-refractivity contribution >= 4 is 17.3 Å². The summed E-state index contributed by atoms with van der Waals surface area (Å²) in [5, 5.41) is 31.0. The average Bonchev–Trinajstić information content (AvgIpc) is 2.43. The van der Waals surface area contributed by atoms with E-state index in [-0.39, 0.29) is 17.3 Å². The van der Waals surface area contributed by atoms with Gasteiger partial charge in [0.2, 0.25) is 0 Å². The minimum Gasteiger partial charge on any atom is -0.455 e. The van der Waals surface area contributed by atoms with E-state index >= 15 is 0 Å². The molecular weight excluding hydrogens is 360 g/mol. The summed E-state index contributed by atoms with van der Waals surface area (Å²) in [7, 11) is 0. The number of carbonyl (C=O) groups excluding carboxylic acids is 3. The van der Waals surface area contributed by atoms with Crippen LogP contribution in [0.1, 0.15) is 41.5 Å². The van der Waals surface area contributed by atoms with Gasteiger partial charge in [0.05, 0.1) is 0 Å². The third-order valence-corrected chi connectivity index (χ3v) is 2.86. The van der Waals surface area contributed by atoms with Gasteiger partial charge in [0.1, 0.15) is 23.9 Å². The predicted octanol–water partition coefficient (Wildman–Crippen LogP) is 0.842. The molecule has 0 amide bonds. The molecule has 0 spiro atoms.